The number of nitrogens with one attached hydrogen (secondary N) is 1. The van der Waals surface area contributed by atoms with Crippen LogP contribution in [0.3, 0.4) is 0 Å². The van der Waals surface area contributed by atoms with Crippen LogP contribution in [0.25, 0.3) is 11.5 Å². The molecule has 3 aromatic rings. The SMILES string of the molecule is COc1ccccc1C(CNC(=O)CCCc1nnc(-c2ccccc2)o1)N(C)C. The molecule has 30 heavy (non-hydrogen) atoms. The van der Waals surface area contributed by atoms with Crippen LogP contribution < -0.4 is 10.1 Å². The van der Waals surface area contributed by atoms with Gasteiger partial charge in [-0.05, 0) is 38.7 Å². The van der Waals surface area contributed by atoms with Crippen molar-refractivity contribution in [3.8, 4) is 17.2 Å². The number of carbonyl (C=O) groups excluding carboxylic acids is 1. The Labute approximate surface area is 177 Å². The van der Waals surface area contributed by atoms with Gasteiger partial charge in [0.25, 0.3) is 0 Å². The summed E-state index contributed by atoms with van der Waals surface area (Å²) >= 11 is 0. The maximum absolute atomic E-state index is 12.3. The van der Waals surface area contributed by atoms with Gasteiger partial charge < -0.3 is 19.4 Å². The van der Waals surface area contributed by atoms with Gasteiger partial charge in [0, 0.05) is 30.5 Å². The number of nitrogens with zero attached hydrogens (tertiary/aromatic N) is 3. The van der Waals surface area contributed by atoms with Gasteiger partial charge in [-0.15, -0.1) is 10.2 Å². The molecule has 0 aliphatic carbocycles. The van der Waals surface area contributed by atoms with Crippen molar-refractivity contribution >= 4 is 5.91 Å². The van der Waals surface area contributed by atoms with E-state index in [2.05, 4.69) is 20.4 Å². The molecule has 158 valence electrons. The van der Waals surface area contributed by atoms with E-state index in [-0.39, 0.29) is 11.9 Å². The summed E-state index contributed by atoms with van der Waals surface area (Å²) in [7, 11) is 5.64. The molecule has 1 aromatic heterocycles. The molecule has 0 radical (unpaired) electrons. The first-order valence-corrected chi connectivity index (χ1v) is 10.0. The van der Waals surface area contributed by atoms with Crippen molar-refractivity contribution < 1.29 is 13.9 Å². The summed E-state index contributed by atoms with van der Waals surface area (Å²) < 4.78 is 11.2. The fourth-order valence-electron chi connectivity index (χ4n) is 3.26. The number of hydrogen-bond donors (Lipinski definition) is 1. The normalized spacial score (nSPS) is 12.0. The van der Waals surface area contributed by atoms with Gasteiger partial charge in [-0.2, -0.15) is 0 Å². The summed E-state index contributed by atoms with van der Waals surface area (Å²) in [5.74, 6) is 1.86. The van der Waals surface area contributed by atoms with Crippen LogP contribution in [0.2, 0.25) is 0 Å². The smallest absolute Gasteiger partial charge is 0.247 e. The lowest BCUT2D eigenvalue weighted by molar-refractivity contribution is -0.121. The van der Waals surface area contributed by atoms with Crippen molar-refractivity contribution in [2.24, 2.45) is 0 Å². The van der Waals surface area contributed by atoms with Crippen molar-refractivity contribution in [2.45, 2.75) is 25.3 Å². The number of methoxy groups -OCH3 is 1. The van der Waals surface area contributed by atoms with Gasteiger partial charge in [0.15, 0.2) is 0 Å². The number of ether oxygens (including phenoxy) is 1. The van der Waals surface area contributed by atoms with E-state index in [1.165, 1.54) is 0 Å². The Morgan fingerprint density at radius 2 is 1.83 bits per heavy atom. The summed E-state index contributed by atoms with van der Waals surface area (Å²) in [4.78, 5) is 14.4. The number of likely N-dealkylation sites (N-methyl/N-ethyl adjacent to an activating group) is 1. The Hall–Kier alpha value is -3.19. The maximum atomic E-state index is 12.3. The Morgan fingerprint density at radius 1 is 1.10 bits per heavy atom. The van der Waals surface area contributed by atoms with E-state index in [4.69, 9.17) is 9.15 Å². The number of aromatic nitrogens is 2. The van der Waals surface area contributed by atoms with E-state index in [9.17, 15) is 4.79 Å². The highest BCUT2D eigenvalue weighted by Gasteiger charge is 2.19. The number of para-hydroxylation sites is 1. The molecule has 1 heterocycles. The molecular weight excluding hydrogens is 380 g/mol. The topological polar surface area (TPSA) is 80.5 Å². The van der Waals surface area contributed by atoms with Crippen LogP contribution >= 0.6 is 0 Å². The highest BCUT2D eigenvalue weighted by molar-refractivity contribution is 5.75. The molecule has 1 N–H and O–H groups in total. The minimum absolute atomic E-state index is 0.000420. The molecule has 3 rings (SSSR count). The Kier molecular flexibility index (Phi) is 7.57. The quantitative estimate of drug-likeness (QED) is 0.553. The number of benzene rings is 2. The van der Waals surface area contributed by atoms with Gasteiger partial charge in [0.05, 0.1) is 13.2 Å². The van der Waals surface area contributed by atoms with Crippen LogP contribution in [0.15, 0.2) is 59.0 Å². The van der Waals surface area contributed by atoms with Crippen molar-refractivity contribution in [1.29, 1.82) is 0 Å². The predicted octanol–water partition coefficient (Wildman–Crippen LogP) is 3.49. The second kappa shape index (κ2) is 10.5. The number of amides is 1. The van der Waals surface area contributed by atoms with E-state index in [1.807, 2.05) is 68.7 Å². The molecule has 0 aliphatic rings. The Bertz CT molecular complexity index is 940. The van der Waals surface area contributed by atoms with E-state index >= 15 is 0 Å². The highest BCUT2D eigenvalue weighted by atomic mass is 16.5. The lowest BCUT2D eigenvalue weighted by Crippen LogP contribution is -2.34. The number of carbonyl (C=O) groups is 1. The lowest BCUT2D eigenvalue weighted by Gasteiger charge is -2.26. The highest BCUT2D eigenvalue weighted by Crippen LogP contribution is 2.27. The molecule has 0 aliphatic heterocycles. The predicted molar refractivity (Wildman–Crippen MR) is 115 cm³/mol. The van der Waals surface area contributed by atoms with Gasteiger partial charge in [-0.1, -0.05) is 36.4 Å². The summed E-state index contributed by atoms with van der Waals surface area (Å²) in [5.41, 5.74) is 1.93. The van der Waals surface area contributed by atoms with Crippen LogP contribution in [0.1, 0.15) is 30.3 Å². The monoisotopic (exact) mass is 408 g/mol. The van der Waals surface area contributed by atoms with Crippen LogP contribution in [0.4, 0.5) is 0 Å². The zero-order valence-electron chi connectivity index (χ0n) is 17.7. The van der Waals surface area contributed by atoms with Crippen LogP contribution in [0, 0.1) is 0 Å². The van der Waals surface area contributed by atoms with Gasteiger partial charge in [-0.25, -0.2) is 0 Å². The zero-order valence-corrected chi connectivity index (χ0v) is 17.7. The molecule has 2 aromatic carbocycles. The van der Waals surface area contributed by atoms with E-state index in [1.54, 1.807) is 7.11 Å². The third-order valence-corrected chi connectivity index (χ3v) is 4.90. The van der Waals surface area contributed by atoms with Crippen molar-refractivity contribution in [1.82, 2.24) is 20.4 Å². The molecule has 1 atom stereocenters. The molecule has 7 nitrogen and oxygen atoms in total. The third kappa shape index (κ3) is 5.67. The van der Waals surface area contributed by atoms with Gasteiger partial charge in [0.2, 0.25) is 17.7 Å². The molecule has 0 fully saturated rings. The van der Waals surface area contributed by atoms with Crippen LogP contribution in [-0.2, 0) is 11.2 Å². The third-order valence-electron chi connectivity index (χ3n) is 4.90. The van der Waals surface area contributed by atoms with Gasteiger partial charge in [-0.3, -0.25) is 4.79 Å². The average molecular weight is 409 g/mol. The number of aryl methyl sites for hydroxylation is 1. The molecular formula is C23H28N4O3. The van der Waals surface area contributed by atoms with E-state index < -0.39 is 0 Å². The molecule has 0 saturated carbocycles. The molecule has 1 amide bonds. The Balaban J connectivity index is 1.48. The second-order valence-corrected chi connectivity index (χ2v) is 7.25. The van der Waals surface area contributed by atoms with Crippen molar-refractivity contribution in [2.75, 3.05) is 27.7 Å². The van der Waals surface area contributed by atoms with Crippen LogP contribution in [-0.4, -0.2) is 48.8 Å². The molecule has 0 bridgehead atoms. The molecule has 0 spiro atoms. The molecule has 7 heteroatoms. The van der Waals surface area contributed by atoms with Crippen molar-refractivity contribution in [3.63, 3.8) is 0 Å². The number of rotatable bonds is 10. The largest absolute Gasteiger partial charge is 0.496 e. The standard InChI is InChI=1S/C23H28N4O3/c1-27(2)19(18-12-7-8-13-20(18)29-3)16-24-21(28)14-9-15-22-25-26-23(30-22)17-10-5-4-6-11-17/h4-8,10-13,19H,9,14-16H2,1-3H3,(H,24,28). The Morgan fingerprint density at radius 3 is 2.57 bits per heavy atom. The first kappa shape index (κ1) is 21.5. The minimum Gasteiger partial charge on any atom is -0.496 e. The van der Waals surface area contributed by atoms with Crippen molar-refractivity contribution in [3.05, 3.63) is 66.1 Å². The first-order chi connectivity index (χ1) is 14.6. The summed E-state index contributed by atoms with van der Waals surface area (Å²) in [6, 6.07) is 17.5. The van der Waals surface area contributed by atoms with Gasteiger partial charge >= 0.3 is 0 Å². The lowest BCUT2D eigenvalue weighted by atomic mass is 10.0. The summed E-state index contributed by atoms with van der Waals surface area (Å²) in [5, 5.41) is 11.2. The fraction of sp³-hybridized carbons (Fsp3) is 0.348. The number of hydrogen-bond acceptors (Lipinski definition) is 6. The van der Waals surface area contributed by atoms with Crippen LogP contribution in [0.5, 0.6) is 5.75 Å². The first-order valence-electron chi connectivity index (χ1n) is 10.0. The van der Waals surface area contributed by atoms with E-state index in [0.29, 0.717) is 37.6 Å². The minimum atomic E-state index is -0.000420. The summed E-state index contributed by atoms with van der Waals surface area (Å²) in [6.07, 6.45) is 1.61. The van der Waals surface area contributed by atoms with Gasteiger partial charge in [0.1, 0.15) is 5.75 Å². The second-order valence-electron chi connectivity index (χ2n) is 7.25. The van der Waals surface area contributed by atoms with E-state index in [0.717, 1.165) is 16.9 Å². The molecule has 1 unspecified atom stereocenters. The fourth-order valence-corrected chi connectivity index (χ4v) is 3.26. The maximum Gasteiger partial charge on any atom is 0.247 e. The summed E-state index contributed by atoms with van der Waals surface area (Å²) in [6.45, 7) is 0.505. The zero-order chi connectivity index (χ0) is 21.3. The molecule has 0 saturated heterocycles. The average Bonchev–Trinajstić information content (AvgIpc) is 3.23.